The summed E-state index contributed by atoms with van der Waals surface area (Å²) < 4.78 is 19.0. The zero-order chi connectivity index (χ0) is 13.0. The van der Waals surface area contributed by atoms with Crippen LogP contribution in [0.4, 0.5) is 10.1 Å². The van der Waals surface area contributed by atoms with E-state index >= 15 is 0 Å². The molecule has 1 aromatic rings. The van der Waals surface area contributed by atoms with Crippen molar-refractivity contribution in [1.82, 2.24) is 5.32 Å². The van der Waals surface area contributed by atoms with E-state index in [0.717, 1.165) is 26.2 Å². The highest BCUT2D eigenvalue weighted by molar-refractivity contribution is 6.30. The van der Waals surface area contributed by atoms with Crippen LogP contribution in [0.3, 0.4) is 0 Å². The van der Waals surface area contributed by atoms with Crippen LogP contribution in [0.2, 0.25) is 5.02 Å². The second-order valence-electron chi connectivity index (χ2n) is 4.63. The molecule has 1 heterocycles. The third kappa shape index (κ3) is 3.83. The largest absolute Gasteiger partial charge is 0.380 e. The lowest BCUT2D eigenvalue weighted by molar-refractivity contribution is 0.0731. The first kappa shape index (κ1) is 13.6. The van der Waals surface area contributed by atoms with Crippen molar-refractivity contribution in [2.75, 3.05) is 25.1 Å². The van der Waals surface area contributed by atoms with Gasteiger partial charge in [-0.1, -0.05) is 11.6 Å². The minimum Gasteiger partial charge on any atom is -0.380 e. The normalized spacial score (nSPS) is 21.6. The van der Waals surface area contributed by atoms with Gasteiger partial charge in [-0.3, -0.25) is 0 Å². The molecule has 2 unspecified atom stereocenters. The Labute approximate surface area is 112 Å². The number of anilines is 1. The van der Waals surface area contributed by atoms with Crippen LogP contribution >= 0.6 is 11.6 Å². The Morgan fingerprint density at radius 3 is 3.11 bits per heavy atom. The molecular formula is C13H18ClFN2O. The van der Waals surface area contributed by atoms with E-state index in [0.29, 0.717) is 16.8 Å². The molecule has 2 N–H and O–H groups in total. The fraction of sp³-hybridized carbons (Fsp3) is 0.538. The molecule has 1 aliphatic heterocycles. The Kier molecular flexibility index (Phi) is 4.80. The van der Waals surface area contributed by atoms with E-state index in [2.05, 4.69) is 10.6 Å². The molecule has 1 aromatic carbocycles. The molecule has 100 valence electrons. The van der Waals surface area contributed by atoms with Gasteiger partial charge in [-0.2, -0.15) is 0 Å². The second kappa shape index (κ2) is 6.36. The number of hydrogen-bond acceptors (Lipinski definition) is 3. The molecule has 5 heteroatoms. The molecule has 2 atom stereocenters. The first-order valence-corrected chi connectivity index (χ1v) is 6.55. The van der Waals surface area contributed by atoms with Gasteiger partial charge in [-0.15, -0.1) is 0 Å². The molecule has 1 aliphatic rings. The molecule has 3 nitrogen and oxygen atoms in total. The zero-order valence-corrected chi connectivity index (χ0v) is 11.1. The molecule has 0 spiro atoms. The van der Waals surface area contributed by atoms with Crippen molar-refractivity contribution in [3.63, 3.8) is 0 Å². The van der Waals surface area contributed by atoms with Gasteiger partial charge in [-0.05, 0) is 31.5 Å². The first-order valence-electron chi connectivity index (χ1n) is 6.18. The average Bonchev–Trinajstić information content (AvgIpc) is 2.34. The molecule has 0 aromatic heterocycles. The van der Waals surface area contributed by atoms with Gasteiger partial charge in [-0.25, -0.2) is 4.39 Å². The van der Waals surface area contributed by atoms with E-state index in [1.807, 2.05) is 6.92 Å². The molecule has 0 radical (unpaired) electrons. The fourth-order valence-electron chi connectivity index (χ4n) is 2.13. The number of rotatable bonds is 4. The van der Waals surface area contributed by atoms with E-state index in [9.17, 15) is 4.39 Å². The van der Waals surface area contributed by atoms with E-state index in [1.165, 1.54) is 6.07 Å². The summed E-state index contributed by atoms with van der Waals surface area (Å²) in [6, 6.07) is 5.16. The summed E-state index contributed by atoms with van der Waals surface area (Å²) in [5.74, 6) is -0.317. The molecule has 18 heavy (non-hydrogen) atoms. The van der Waals surface area contributed by atoms with E-state index in [1.54, 1.807) is 12.1 Å². The molecule has 1 fully saturated rings. The number of morpholine rings is 1. The van der Waals surface area contributed by atoms with Gasteiger partial charge in [0, 0.05) is 23.7 Å². The standard InChI is InChI=1S/C13H18ClFN2O/c1-9(6-11-8-18-5-4-16-11)17-13-3-2-10(14)7-12(13)15/h2-3,7,9,11,16-17H,4-6,8H2,1H3. The second-order valence-corrected chi connectivity index (χ2v) is 5.07. The van der Waals surface area contributed by atoms with Gasteiger partial charge in [0.15, 0.2) is 0 Å². The molecule has 0 saturated carbocycles. The van der Waals surface area contributed by atoms with Gasteiger partial charge in [0.05, 0.1) is 18.9 Å². The summed E-state index contributed by atoms with van der Waals surface area (Å²) >= 11 is 5.71. The summed E-state index contributed by atoms with van der Waals surface area (Å²) in [6.45, 7) is 4.40. The van der Waals surface area contributed by atoms with Crippen LogP contribution in [-0.2, 0) is 4.74 Å². The van der Waals surface area contributed by atoms with Crippen LogP contribution in [0, 0.1) is 5.82 Å². The van der Waals surface area contributed by atoms with Crippen molar-refractivity contribution >= 4 is 17.3 Å². The summed E-state index contributed by atoms with van der Waals surface area (Å²) in [6.07, 6.45) is 0.891. The highest BCUT2D eigenvalue weighted by Gasteiger charge is 2.16. The highest BCUT2D eigenvalue weighted by atomic mass is 35.5. The molecule has 0 bridgehead atoms. The topological polar surface area (TPSA) is 33.3 Å². The lowest BCUT2D eigenvalue weighted by Crippen LogP contribution is -2.43. The Morgan fingerprint density at radius 1 is 1.61 bits per heavy atom. The Balaban J connectivity index is 1.87. The van der Waals surface area contributed by atoms with E-state index < -0.39 is 0 Å². The van der Waals surface area contributed by atoms with Crippen LogP contribution < -0.4 is 10.6 Å². The van der Waals surface area contributed by atoms with Crippen molar-refractivity contribution in [3.8, 4) is 0 Å². The van der Waals surface area contributed by atoms with Crippen molar-refractivity contribution < 1.29 is 9.13 Å². The van der Waals surface area contributed by atoms with Gasteiger partial charge >= 0.3 is 0 Å². The quantitative estimate of drug-likeness (QED) is 0.884. The van der Waals surface area contributed by atoms with Gasteiger partial charge < -0.3 is 15.4 Å². The van der Waals surface area contributed by atoms with Crippen LogP contribution in [0.1, 0.15) is 13.3 Å². The SMILES string of the molecule is CC(CC1COCCN1)Nc1ccc(Cl)cc1F. The zero-order valence-electron chi connectivity index (χ0n) is 10.4. The highest BCUT2D eigenvalue weighted by Crippen LogP contribution is 2.20. The first-order chi connectivity index (χ1) is 8.65. The molecule has 1 saturated heterocycles. The maximum absolute atomic E-state index is 13.6. The number of benzene rings is 1. The minimum atomic E-state index is -0.317. The summed E-state index contributed by atoms with van der Waals surface area (Å²) in [4.78, 5) is 0. The third-order valence-corrected chi connectivity index (χ3v) is 3.20. The average molecular weight is 273 g/mol. The predicted octanol–water partition coefficient (Wildman–Crippen LogP) is 2.66. The third-order valence-electron chi connectivity index (χ3n) is 2.97. The minimum absolute atomic E-state index is 0.167. The lowest BCUT2D eigenvalue weighted by atomic mass is 10.1. The number of nitrogens with one attached hydrogen (secondary N) is 2. The number of hydrogen-bond donors (Lipinski definition) is 2. The van der Waals surface area contributed by atoms with Crippen molar-refractivity contribution in [3.05, 3.63) is 29.0 Å². The van der Waals surface area contributed by atoms with Gasteiger partial charge in [0.25, 0.3) is 0 Å². The molecule has 0 aliphatic carbocycles. The van der Waals surface area contributed by atoms with Crippen molar-refractivity contribution in [2.24, 2.45) is 0 Å². The number of halogens is 2. The van der Waals surface area contributed by atoms with Crippen molar-refractivity contribution in [2.45, 2.75) is 25.4 Å². The summed E-state index contributed by atoms with van der Waals surface area (Å²) in [5.41, 5.74) is 0.489. The lowest BCUT2D eigenvalue weighted by Gasteiger charge is -2.27. The molecule has 2 rings (SSSR count). The van der Waals surface area contributed by atoms with Crippen LogP contribution in [0.5, 0.6) is 0 Å². The summed E-state index contributed by atoms with van der Waals surface area (Å²) in [5, 5.41) is 6.95. The van der Waals surface area contributed by atoms with Gasteiger partial charge in [0.1, 0.15) is 5.82 Å². The molecular weight excluding hydrogens is 255 g/mol. The monoisotopic (exact) mass is 272 g/mol. The maximum Gasteiger partial charge on any atom is 0.147 e. The predicted molar refractivity (Wildman–Crippen MR) is 71.7 cm³/mol. The summed E-state index contributed by atoms with van der Waals surface area (Å²) in [7, 11) is 0. The van der Waals surface area contributed by atoms with Crippen LogP contribution in [-0.4, -0.2) is 31.8 Å². The Hall–Kier alpha value is -0.840. The van der Waals surface area contributed by atoms with Crippen LogP contribution in [0.15, 0.2) is 18.2 Å². The smallest absolute Gasteiger partial charge is 0.147 e. The fourth-order valence-corrected chi connectivity index (χ4v) is 2.29. The van der Waals surface area contributed by atoms with Crippen molar-refractivity contribution in [1.29, 1.82) is 0 Å². The number of ether oxygens (including phenoxy) is 1. The van der Waals surface area contributed by atoms with Crippen LogP contribution in [0.25, 0.3) is 0 Å². The maximum atomic E-state index is 13.6. The molecule has 0 amide bonds. The Morgan fingerprint density at radius 2 is 2.44 bits per heavy atom. The Bertz CT molecular complexity index is 397. The van der Waals surface area contributed by atoms with E-state index in [4.69, 9.17) is 16.3 Å². The van der Waals surface area contributed by atoms with E-state index in [-0.39, 0.29) is 11.9 Å². The van der Waals surface area contributed by atoms with Gasteiger partial charge in [0.2, 0.25) is 0 Å².